The summed E-state index contributed by atoms with van der Waals surface area (Å²) in [6.45, 7) is 4.43. The highest BCUT2D eigenvalue weighted by atomic mass is 16.5. The largest absolute Gasteiger partial charge is 0.497 e. The van der Waals surface area contributed by atoms with Crippen molar-refractivity contribution in [3.8, 4) is 11.5 Å². The number of anilines is 1. The van der Waals surface area contributed by atoms with Gasteiger partial charge in [0.25, 0.3) is 0 Å². The molecule has 2 amide bonds. The van der Waals surface area contributed by atoms with Crippen LogP contribution in [0.4, 0.5) is 5.69 Å². The summed E-state index contributed by atoms with van der Waals surface area (Å²) >= 11 is 0. The maximum absolute atomic E-state index is 12.1. The molecular weight excluding hydrogens is 326 g/mol. The lowest BCUT2D eigenvalue weighted by atomic mass is 10.2. The molecule has 0 unspecified atom stereocenters. The molecule has 1 saturated heterocycles. The van der Waals surface area contributed by atoms with Gasteiger partial charge in [0.15, 0.2) is 0 Å². The number of amides is 2. The van der Waals surface area contributed by atoms with Gasteiger partial charge in [0, 0.05) is 32.2 Å². The molecule has 0 aliphatic carbocycles. The molecule has 0 aromatic heterocycles. The molecule has 8 heteroatoms. The monoisotopic (exact) mass is 351 g/mol. The van der Waals surface area contributed by atoms with E-state index in [4.69, 9.17) is 14.2 Å². The molecule has 8 nitrogen and oxygen atoms in total. The Bertz CT molecular complexity index is 588. The fourth-order valence-corrected chi connectivity index (χ4v) is 2.49. The molecule has 2 N–H and O–H groups in total. The normalized spacial score (nSPS) is 14.6. The fraction of sp³-hybridized carbons (Fsp3) is 0.529. The van der Waals surface area contributed by atoms with E-state index in [2.05, 4.69) is 15.5 Å². The van der Waals surface area contributed by atoms with Crippen LogP contribution in [-0.4, -0.2) is 70.3 Å². The minimum atomic E-state index is -0.407. The lowest BCUT2D eigenvalue weighted by Gasteiger charge is -2.26. The van der Waals surface area contributed by atoms with Crippen LogP contribution in [0.3, 0.4) is 0 Å². The average Bonchev–Trinajstić information content (AvgIpc) is 2.62. The molecule has 1 aliphatic rings. The first-order chi connectivity index (χ1) is 12.1. The van der Waals surface area contributed by atoms with Crippen molar-refractivity contribution in [2.45, 2.75) is 6.42 Å². The predicted molar refractivity (Wildman–Crippen MR) is 93.1 cm³/mol. The van der Waals surface area contributed by atoms with Crippen LogP contribution < -0.4 is 20.1 Å². The van der Waals surface area contributed by atoms with E-state index in [0.717, 1.165) is 32.8 Å². The minimum Gasteiger partial charge on any atom is -0.497 e. The second kappa shape index (κ2) is 9.85. The quantitative estimate of drug-likeness (QED) is 0.663. The summed E-state index contributed by atoms with van der Waals surface area (Å²) in [5.74, 6) is 0.371. The van der Waals surface area contributed by atoms with E-state index < -0.39 is 5.91 Å². The topological polar surface area (TPSA) is 89.1 Å². The number of carbonyl (C=O) groups excluding carboxylic acids is 2. The lowest BCUT2D eigenvalue weighted by Crippen LogP contribution is -2.41. The lowest BCUT2D eigenvalue weighted by molar-refractivity contribution is -0.126. The van der Waals surface area contributed by atoms with Gasteiger partial charge in [-0.3, -0.25) is 14.5 Å². The number of hydrogen-bond acceptors (Lipinski definition) is 6. The SMILES string of the molecule is COc1ccc(OC)c(NC(=O)CC(=O)NCCN2CCOCC2)c1. The predicted octanol–water partition coefficient (Wildman–Crippen LogP) is 0.481. The number of hydrogen-bond donors (Lipinski definition) is 2. The third-order valence-electron chi connectivity index (χ3n) is 3.86. The van der Waals surface area contributed by atoms with Crippen molar-refractivity contribution < 1.29 is 23.8 Å². The third-order valence-corrected chi connectivity index (χ3v) is 3.86. The van der Waals surface area contributed by atoms with Crippen molar-refractivity contribution in [3.63, 3.8) is 0 Å². The number of morpholine rings is 1. The van der Waals surface area contributed by atoms with E-state index in [-0.39, 0.29) is 12.3 Å². The van der Waals surface area contributed by atoms with Crippen LogP contribution in [0.1, 0.15) is 6.42 Å². The number of methoxy groups -OCH3 is 2. The molecule has 0 saturated carbocycles. The number of ether oxygens (including phenoxy) is 3. The van der Waals surface area contributed by atoms with Gasteiger partial charge in [-0.15, -0.1) is 0 Å². The van der Waals surface area contributed by atoms with Crippen molar-refractivity contribution >= 4 is 17.5 Å². The smallest absolute Gasteiger partial charge is 0.233 e. The van der Waals surface area contributed by atoms with Crippen molar-refractivity contribution in [1.29, 1.82) is 0 Å². The van der Waals surface area contributed by atoms with E-state index in [9.17, 15) is 9.59 Å². The van der Waals surface area contributed by atoms with Gasteiger partial charge in [0.1, 0.15) is 17.9 Å². The second-order valence-electron chi connectivity index (χ2n) is 5.60. The van der Waals surface area contributed by atoms with Crippen LogP contribution in [0.15, 0.2) is 18.2 Å². The number of nitrogens with one attached hydrogen (secondary N) is 2. The number of nitrogens with zero attached hydrogens (tertiary/aromatic N) is 1. The minimum absolute atomic E-state index is 0.247. The molecule has 0 bridgehead atoms. The van der Waals surface area contributed by atoms with Crippen LogP contribution >= 0.6 is 0 Å². The Balaban J connectivity index is 1.76. The zero-order chi connectivity index (χ0) is 18.1. The van der Waals surface area contributed by atoms with Crippen LogP contribution in [0.5, 0.6) is 11.5 Å². The number of rotatable bonds is 8. The van der Waals surface area contributed by atoms with Gasteiger partial charge in [0.05, 0.1) is 33.1 Å². The van der Waals surface area contributed by atoms with Gasteiger partial charge < -0.3 is 24.8 Å². The van der Waals surface area contributed by atoms with Gasteiger partial charge >= 0.3 is 0 Å². The molecule has 1 heterocycles. The Kier molecular flexibility index (Phi) is 7.49. The summed E-state index contributed by atoms with van der Waals surface area (Å²) in [6.07, 6.45) is -0.247. The molecular formula is C17H25N3O5. The highest BCUT2D eigenvalue weighted by Gasteiger charge is 2.14. The zero-order valence-corrected chi connectivity index (χ0v) is 14.7. The Morgan fingerprint density at radius 1 is 1.16 bits per heavy atom. The number of carbonyl (C=O) groups is 2. The van der Waals surface area contributed by atoms with Crippen molar-refractivity contribution in [3.05, 3.63) is 18.2 Å². The summed E-state index contributed by atoms with van der Waals surface area (Å²) in [5.41, 5.74) is 0.466. The van der Waals surface area contributed by atoms with E-state index in [1.165, 1.54) is 14.2 Å². The van der Waals surface area contributed by atoms with Crippen molar-refractivity contribution in [2.75, 3.05) is 58.9 Å². The summed E-state index contributed by atoms with van der Waals surface area (Å²) in [6, 6.07) is 5.07. The van der Waals surface area contributed by atoms with E-state index >= 15 is 0 Å². The van der Waals surface area contributed by atoms with Gasteiger partial charge in [-0.1, -0.05) is 0 Å². The molecule has 1 aromatic carbocycles. The summed E-state index contributed by atoms with van der Waals surface area (Å²) < 4.78 is 15.6. The third kappa shape index (κ3) is 6.24. The highest BCUT2D eigenvalue weighted by Crippen LogP contribution is 2.28. The van der Waals surface area contributed by atoms with Crippen LogP contribution in [-0.2, 0) is 14.3 Å². The summed E-state index contributed by atoms with van der Waals surface area (Å²) in [7, 11) is 3.05. The van der Waals surface area contributed by atoms with Gasteiger partial charge in [0.2, 0.25) is 11.8 Å². The molecule has 0 atom stereocenters. The molecule has 1 fully saturated rings. The first-order valence-electron chi connectivity index (χ1n) is 8.21. The Labute approximate surface area is 147 Å². The van der Waals surface area contributed by atoms with Gasteiger partial charge in [-0.25, -0.2) is 0 Å². The number of benzene rings is 1. The summed E-state index contributed by atoms with van der Waals surface area (Å²) in [5, 5.41) is 5.43. The fourth-order valence-electron chi connectivity index (χ4n) is 2.49. The van der Waals surface area contributed by atoms with Gasteiger partial charge in [-0.2, -0.15) is 0 Å². The molecule has 2 rings (SSSR count). The van der Waals surface area contributed by atoms with Crippen molar-refractivity contribution in [2.24, 2.45) is 0 Å². The molecule has 1 aromatic rings. The van der Waals surface area contributed by atoms with E-state index in [1.807, 2.05) is 0 Å². The van der Waals surface area contributed by atoms with E-state index in [0.29, 0.717) is 23.7 Å². The molecule has 1 aliphatic heterocycles. The van der Waals surface area contributed by atoms with Crippen LogP contribution in [0, 0.1) is 0 Å². The van der Waals surface area contributed by atoms with Crippen LogP contribution in [0.2, 0.25) is 0 Å². The Morgan fingerprint density at radius 3 is 2.60 bits per heavy atom. The second-order valence-corrected chi connectivity index (χ2v) is 5.60. The highest BCUT2D eigenvalue weighted by molar-refractivity contribution is 6.04. The Hall–Kier alpha value is -2.32. The van der Waals surface area contributed by atoms with Crippen LogP contribution in [0.25, 0.3) is 0 Å². The maximum atomic E-state index is 12.1. The van der Waals surface area contributed by atoms with E-state index in [1.54, 1.807) is 18.2 Å². The maximum Gasteiger partial charge on any atom is 0.233 e. The standard InChI is InChI=1S/C17H25N3O5/c1-23-13-3-4-15(24-2)14(11-13)19-17(22)12-16(21)18-5-6-20-7-9-25-10-8-20/h3-4,11H,5-10,12H2,1-2H3,(H,18,21)(H,19,22). The van der Waals surface area contributed by atoms with Crippen molar-refractivity contribution in [1.82, 2.24) is 10.2 Å². The zero-order valence-electron chi connectivity index (χ0n) is 14.7. The average molecular weight is 351 g/mol. The van der Waals surface area contributed by atoms with Gasteiger partial charge in [-0.05, 0) is 12.1 Å². The molecule has 0 spiro atoms. The first kappa shape index (κ1) is 19.0. The molecule has 138 valence electrons. The Morgan fingerprint density at radius 2 is 1.92 bits per heavy atom. The molecule has 0 radical (unpaired) electrons. The molecule has 25 heavy (non-hydrogen) atoms. The first-order valence-corrected chi connectivity index (χ1v) is 8.21. The summed E-state index contributed by atoms with van der Waals surface area (Å²) in [4.78, 5) is 26.2.